The van der Waals surface area contributed by atoms with Crippen molar-refractivity contribution < 1.29 is 24.3 Å². The van der Waals surface area contributed by atoms with Gasteiger partial charge in [0.1, 0.15) is 6.04 Å². The van der Waals surface area contributed by atoms with E-state index < -0.39 is 30.2 Å². The van der Waals surface area contributed by atoms with E-state index in [1.54, 1.807) is 4.90 Å². The first-order chi connectivity index (χ1) is 9.31. The van der Waals surface area contributed by atoms with Gasteiger partial charge in [0.25, 0.3) is 0 Å². The fourth-order valence-electron chi connectivity index (χ4n) is 2.15. The Labute approximate surface area is 116 Å². The van der Waals surface area contributed by atoms with E-state index in [-0.39, 0.29) is 11.8 Å². The zero-order valence-corrected chi connectivity index (χ0v) is 11.3. The molecule has 0 radical (unpaired) electrons. The summed E-state index contributed by atoms with van der Waals surface area (Å²) in [6.07, 6.45) is 0.524. The molecule has 0 spiro atoms. The molecule has 0 aromatic heterocycles. The second-order valence-corrected chi connectivity index (χ2v) is 4.85. The molecule has 4 N–H and O–H groups in total. The van der Waals surface area contributed by atoms with Crippen molar-refractivity contribution in [3.05, 3.63) is 0 Å². The highest BCUT2D eigenvalue weighted by molar-refractivity contribution is 5.89. The van der Waals surface area contributed by atoms with Crippen LogP contribution in [0.4, 0.5) is 0 Å². The summed E-state index contributed by atoms with van der Waals surface area (Å²) >= 11 is 0. The normalized spacial score (nSPS) is 17.4. The van der Waals surface area contributed by atoms with Gasteiger partial charge in [-0.2, -0.15) is 0 Å². The van der Waals surface area contributed by atoms with Gasteiger partial charge < -0.3 is 21.1 Å². The molecule has 8 heteroatoms. The van der Waals surface area contributed by atoms with E-state index in [9.17, 15) is 19.2 Å². The molecule has 0 saturated carbocycles. The van der Waals surface area contributed by atoms with Crippen LogP contribution in [0, 0.1) is 5.92 Å². The third kappa shape index (κ3) is 4.52. The third-order valence-electron chi connectivity index (χ3n) is 3.33. The largest absolute Gasteiger partial charge is 0.480 e. The van der Waals surface area contributed by atoms with E-state index in [0.29, 0.717) is 25.9 Å². The lowest BCUT2D eigenvalue weighted by Crippen LogP contribution is -2.48. The highest BCUT2D eigenvalue weighted by atomic mass is 16.4. The summed E-state index contributed by atoms with van der Waals surface area (Å²) in [4.78, 5) is 46.4. The van der Waals surface area contributed by atoms with Crippen molar-refractivity contribution in [2.24, 2.45) is 11.7 Å². The number of piperidine rings is 1. The Bertz CT molecular complexity index is 415. The average Bonchev–Trinajstić information content (AvgIpc) is 2.37. The second kappa shape index (κ2) is 6.88. The van der Waals surface area contributed by atoms with Crippen molar-refractivity contribution in [3.8, 4) is 0 Å². The molecule has 0 aliphatic carbocycles. The molecule has 20 heavy (non-hydrogen) atoms. The monoisotopic (exact) mass is 285 g/mol. The highest BCUT2D eigenvalue weighted by Gasteiger charge is 2.29. The molecular weight excluding hydrogens is 266 g/mol. The van der Waals surface area contributed by atoms with Crippen LogP contribution in [-0.4, -0.2) is 52.8 Å². The number of hydrogen-bond donors (Lipinski definition) is 3. The minimum absolute atomic E-state index is 0.0407. The molecule has 8 nitrogen and oxygen atoms in total. The number of carboxylic acids is 1. The van der Waals surface area contributed by atoms with Crippen molar-refractivity contribution >= 4 is 23.7 Å². The minimum atomic E-state index is -1.30. The maximum absolute atomic E-state index is 11.9. The highest BCUT2D eigenvalue weighted by Crippen LogP contribution is 2.17. The number of nitrogens with two attached hydrogens (primary N) is 1. The number of rotatable bonds is 5. The number of carboxylic acid groups (broad SMARTS) is 1. The number of carbonyl (C=O) groups excluding carboxylic acids is 3. The fourth-order valence-corrected chi connectivity index (χ4v) is 2.15. The van der Waals surface area contributed by atoms with Gasteiger partial charge in [0.05, 0.1) is 6.42 Å². The number of carbonyl (C=O) groups is 4. The van der Waals surface area contributed by atoms with E-state index in [2.05, 4.69) is 5.32 Å². The molecule has 1 fully saturated rings. The predicted octanol–water partition coefficient (Wildman–Crippen LogP) is -1.31. The number of nitrogens with one attached hydrogen (secondary N) is 1. The summed E-state index contributed by atoms with van der Waals surface area (Å²) in [5.74, 6) is -2.88. The molecule has 1 atom stereocenters. The number of nitrogens with zero attached hydrogens (tertiary/aromatic N) is 1. The summed E-state index contributed by atoms with van der Waals surface area (Å²) in [6, 6.07) is -1.30. The van der Waals surface area contributed by atoms with Crippen molar-refractivity contribution in [2.45, 2.75) is 32.2 Å². The van der Waals surface area contributed by atoms with Crippen LogP contribution in [0.1, 0.15) is 26.2 Å². The van der Waals surface area contributed by atoms with E-state index in [4.69, 9.17) is 10.8 Å². The smallest absolute Gasteiger partial charge is 0.326 e. The zero-order valence-electron chi connectivity index (χ0n) is 11.3. The molecule has 0 aromatic carbocycles. The molecule has 1 saturated heterocycles. The van der Waals surface area contributed by atoms with Crippen LogP contribution in [0.5, 0.6) is 0 Å². The second-order valence-electron chi connectivity index (χ2n) is 4.85. The zero-order chi connectivity index (χ0) is 15.3. The molecule has 1 aliphatic heterocycles. The number of likely N-dealkylation sites (tertiary alicyclic amines) is 1. The molecule has 0 bridgehead atoms. The number of hydrogen-bond acceptors (Lipinski definition) is 4. The van der Waals surface area contributed by atoms with Crippen LogP contribution in [0.2, 0.25) is 0 Å². The van der Waals surface area contributed by atoms with Gasteiger partial charge >= 0.3 is 5.97 Å². The quantitative estimate of drug-likeness (QED) is 0.577. The van der Waals surface area contributed by atoms with Crippen molar-refractivity contribution in [2.75, 3.05) is 13.1 Å². The summed E-state index contributed by atoms with van der Waals surface area (Å²) in [7, 11) is 0. The van der Waals surface area contributed by atoms with Gasteiger partial charge in [-0.15, -0.1) is 0 Å². The first-order valence-electron chi connectivity index (χ1n) is 6.38. The number of aliphatic carboxylic acids is 1. The van der Waals surface area contributed by atoms with Crippen molar-refractivity contribution in [1.82, 2.24) is 10.2 Å². The first kappa shape index (κ1) is 15.9. The van der Waals surface area contributed by atoms with Crippen LogP contribution in [-0.2, 0) is 19.2 Å². The van der Waals surface area contributed by atoms with Gasteiger partial charge in [0.2, 0.25) is 17.7 Å². The molecule has 3 amide bonds. The van der Waals surface area contributed by atoms with Crippen LogP contribution < -0.4 is 11.1 Å². The lowest BCUT2D eigenvalue weighted by atomic mass is 9.95. The Hall–Kier alpha value is -2.12. The van der Waals surface area contributed by atoms with Crippen LogP contribution >= 0.6 is 0 Å². The van der Waals surface area contributed by atoms with Crippen LogP contribution in [0.3, 0.4) is 0 Å². The first-order valence-corrected chi connectivity index (χ1v) is 6.38. The SMILES string of the molecule is CC(=O)N1CCC(C(=O)N[C@H](CC(N)=O)C(=O)O)CC1. The van der Waals surface area contributed by atoms with Crippen LogP contribution in [0.15, 0.2) is 0 Å². The standard InChI is InChI=1S/C12H19N3O5/c1-7(16)15-4-2-8(3-5-15)11(18)14-9(12(19)20)6-10(13)17/h8-9H,2-6H2,1H3,(H2,13,17)(H,14,18)(H,19,20)/t9-/m1/s1. The summed E-state index contributed by atoms with van der Waals surface area (Å²) < 4.78 is 0. The summed E-state index contributed by atoms with van der Waals surface area (Å²) in [5.41, 5.74) is 4.94. The Kier molecular flexibility index (Phi) is 5.48. The van der Waals surface area contributed by atoms with Crippen LogP contribution in [0.25, 0.3) is 0 Å². The Morgan fingerprint density at radius 1 is 1.30 bits per heavy atom. The average molecular weight is 285 g/mol. The van der Waals surface area contributed by atoms with E-state index >= 15 is 0 Å². The fraction of sp³-hybridized carbons (Fsp3) is 0.667. The minimum Gasteiger partial charge on any atom is -0.480 e. The number of primary amides is 1. The van der Waals surface area contributed by atoms with E-state index in [1.807, 2.05) is 0 Å². The maximum atomic E-state index is 11.9. The topological polar surface area (TPSA) is 130 Å². The molecule has 112 valence electrons. The Morgan fingerprint density at radius 2 is 1.85 bits per heavy atom. The van der Waals surface area contributed by atoms with E-state index in [0.717, 1.165) is 0 Å². The van der Waals surface area contributed by atoms with E-state index in [1.165, 1.54) is 6.92 Å². The van der Waals surface area contributed by atoms with Gasteiger partial charge in [-0.3, -0.25) is 14.4 Å². The Balaban J connectivity index is 2.52. The van der Waals surface area contributed by atoms with Gasteiger partial charge in [0, 0.05) is 25.9 Å². The van der Waals surface area contributed by atoms with Gasteiger partial charge in [-0.25, -0.2) is 4.79 Å². The predicted molar refractivity (Wildman–Crippen MR) is 68.4 cm³/mol. The van der Waals surface area contributed by atoms with Gasteiger partial charge in [-0.05, 0) is 12.8 Å². The van der Waals surface area contributed by atoms with Crippen molar-refractivity contribution in [1.29, 1.82) is 0 Å². The lowest BCUT2D eigenvalue weighted by molar-refractivity contribution is -0.144. The molecule has 1 rings (SSSR count). The lowest BCUT2D eigenvalue weighted by Gasteiger charge is -2.31. The van der Waals surface area contributed by atoms with Gasteiger partial charge in [-0.1, -0.05) is 0 Å². The molecular formula is C12H19N3O5. The molecule has 0 unspecified atom stereocenters. The Morgan fingerprint density at radius 3 is 2.25 bits per heavy atom. The molecule has 1 heterocycles. The number of amides is 3. The molecule has 1 aliphatic rings. The summed E-state index contributed by atoms with van der Waals surface area (Å²) in [6.45, 7) is 2.41. The maximum Gasteiger partial charge on any atom is 0.326 e. The molecule has 0 aromatic rings. The third-order valence-corrected chi connectivity index (χ3v) is 3.33. The summed E-state index contributed by atoms with van der Waals surface area (Å²) in [5, 5.41) is 11.2. The van der Waals surface area contributed by atoms with Gasteiger partial charge in [0.15, 0.2) is 0 Å². The van der Waals surface area contributed by atoms with Crippen molar-refractivity contribution in [3.63, 3.8) is 0 Å².